The van der Waals surface area contributed by atoms with E-state index >= 15 is 0 Å². The standard InChI is InChI=1S/C17H19FN6/c1-17(19)7-3-9-24(10-17)13-6-5-12(18)15(21-13)14-11-4-2-8-20-16(11)23-22-14/h2,4-6,8H,3,7,9-10,19H2,1H3,(H,20,22,23). The highest BCUT2D eigenvalue weighted by atomic mass is 19.1. The highest BCUT2D eigenvalue weighted by Crippen LogP contribution is 2.29. The smallest absolute Gasteiger partial charge is 0.155 e. The van der Waals surface area contributed by atoms with Gasteiger partial charge in [0.1, 0.15) is 17.2 Å². The second kappa shape index (κ2) is 5.52. The first-order chi connectivity index (χ1) is 11.5. The van der Waals surface area contributed by atoms with Crippen LogP contribution in [-0.2, 0) is 0 Å². The second-order valence-electron chi connectivity index (χ2n) is 6.65. The summed E-state index contributed by atoms with van der Waals surface area (Å²) in [5.41, 5.74) is 7.35. The van der Waals surface area contributed by atoms with Crippen LogP contribution in [0.25, 0.3) is 22.4 Å². The van der Waals surface area contributed by atoms with Crippen LogP contribution in [0.1, 0.15) is 19.8 Å². The monoisotopic (exact) mass is 326 g/mol. The third-order valence-electron chi connectivity index (χ3n) is 4.44. The van der Waals surface area contributed by atoms with E-state index in [0.29, 0.717) is 17.9 Å². The van der Waals surface area contributed by atoms with Crippen LogP contribution in [0.15, 0.2) is 30.5 Å². The zero-order valence-electron chi connectivity index (χ0n) is 13.5. The fourth-order valence-electron chi connectivity index (χ4n) is 3.27. The van der Waals surface area contributed by atoms with Crippen molar-refractivity contribution >= 4 is 16.9 Å². The Morgan fingerprint density at radius 2 is 2.17 bits per heavy atom. The minimum absolute atomic E-state index is 0.232. The maximum atomic E-state index is 14.4. The van der Waals surface area contributed by atoms with Gasteiger partial charge in [-0.25, -0.2) is 14.4 Å². The molecule has 3 aromatic heterocycles. The molecular formula is C17H19FN6. The number of halogens is 1. The highest BCUT2D eigenvalue weighted by Gasteiger charge is 2.28. The Balaban J connectivity index is 1.77. The molecule has 3 N–H and O–H groups in total. The molecule has 4 rings (SSSR count). The molecule has 1 aliphatic heterocycles. The van der Waals surface area contributed by atoms with Gasteiger partial charge in [0.2, 0.25) is 0 Å². The van der Waals surface area contributed by atoms with E-state index in [9.17, 15) is 4.39 Å². The van der Waals surface area contributed by atoms with E-state index in [1.165, 1.54) is 6.07 Å². The third-order valence-corrected chi connectivity index (χ3v) is 4.44. The number of hydrogen-bond acceptors (Lipinski definition) is 5. The highest BCUT2D eigenvalue weighted by molar-refractivity contribution is 5.89. The van der Waals surface area contributed by atoms with Crippen molar-refractivity contribution in [3.05, 3.63) is 36.3 Å². The molecule has 1 atom stereocenters. The number of nitrogens with zero attached hydrogens (tertiary/aromatic N) is 4. The van der Waals surface area contributed by atoms with Crippen molar-refractivity contribution in [3.63, 3.8) is 0 Å². The predicted molar refractivity (Wildman–Crippen MR) is 91.1 cm³/mol. The molecule has 7 heteroatoms. The van der Waals surface area contributed by atoms with E-state index in [0.717, 1.165) is 30.6 Å². The lowest BCUT2D eigenvalue weighted by atomic mass is 9.92. The van der Waals surface area contributed by atoms with E-state index in [4.69, 9.17) is 5.73 Å². The number of fused-ring (bicyclic) bond motifs is 1. The van der Waals surface area contributed by atoms with Gasteiger partial charge in [0.05, 0.1) is 0 Å². The van der Waals surface area contributed by atoms with E-state index in [-0.39, 0.29) is 11.2 Å². The molecule has 0 aliphatic carbocycles. The summed E-state index contributed by atoms with van der Waals surface area (Å²) in [6.07, 6.45) is 3.64. The average Bonchev–Trinajstić information content (AvgIpc) is 2.98. The van der Waals surface area contributed by atoms with Gasteiger partial charge in [-0.05, 0) is 44.0 Å². The van der Waals surface area contributed by atoms with Crippen LogP contribution < -0.4 is 10.6 Å². The van der Waals surface area contributed by atoms with Crippen LogP contribution in [0.3, 0.4) is 0 Å². The average molecular weight is 326 g/mol. The van der Waals surface area contributed by atoms with Gasteiger partial charge >= 0.3 is 0 Å². The summed E-state index contributed by atoms with van der Waals surface area (Å²) in [6, 6.07) is 6.80. The van der Waals surface area contributed by atoms with Gasteiger partial charge in [-0.2, -0.15) is 5.10 Å². The zero-order chi connectivity index (χ0) is 16.7. The molecule has 0 radical (unpaired) electrons. The van der Waals surface area contributed by atoms with Gasteiger partial charge in [0.25, 0.3) is 0 Å². The Hall–Kier alpha value is -2.54. The number of H-pyrrole nitrogens is 1. The minimum atomic E-state index is -0.400. The summed E-state index contributed by atoms with van der Waals surface area (Å²) < 4.78 is 14.4. The number of aromatic nitrogens is 4. The van der Waals surface area contributed by atoms with Crippen molar-refractivity contribution in [1.82, 2.24) is 20.2 Å². The molecule has 1 saturated heterocycles. The Kier molecular flexibility index (Phi) is 3.45. The molecule has 4 heterocycles. The third kappa shape index (κ3) is 2.60. The Morgan fingerprint density at radius 3 is 3.00 bits per heavy atom. The molecule has 24 heavy (non-hydrogen) atoms. The molecule has 1 unspecified atom stereocenters. The lowest BCUT2D eigenvalue weighted by molar-refractivity contribution is 0.373. The molecule has 3 aromatic rings. The molecule has 0 amide bonds. The predicted octanol–water partition coefficient (Wildman–Crippen LogP) is 2.48. The summed E-state index contributed by atoms with van der Waals surface area (Å²) in [5.74, 6) is 0.325. The van der Waals surface area contributed by atoms with Crippen LogP contribution in [0.5, 0.6) is 0 Å². The molecule has 1 aliphatic rings. The van der Waals surface area contributed by atoms with Gasteiger partial charge in [-0.1, -0.05) is 0 Å². The van der Waals surface area contributed by atoms with E-state index in [1.807, 2.05) is 13.0 Å². The first-order valence-electron chi connectivity index (χ1n) is 8.03. The fourth-order valence-corrected chi connectivity index (χ4v) is 3.27. The molecule has 1 fully saturated rings. The number of pyridine rings is 2. The molecule has 0 aromatic carbocycles. The van der Waals surface area contributed by atoms with Gasteiger partial charge in [-0.15, -0.1) is 0 Å². The van der Waals surface area contributed by atoms with Crippen LogP contribution in [-0.4, -0.2) is 38.8 Å². The van der Waals surface area contributed by atoms with E-state index in [1.54, 1.807) is 18.3 Å². The summed E-state index contributed by atoms with van der Waals surface area (Å²) in [5, 5.41) is 7.79. The Bertz CT molecular complexity index is 888. The molecule has 0 spiro atoms. The number of aromatic amines is 1. The number of nitrogens with one attached hydrogen (secondary N) is 1. The molecule has 124 valence electrons. The van der Waals surface area contributed by atoms with Crippen molar-refractivity contribution in [2.45, 2.75) is 25.3 Å². The maximum Gasteiger partial charge on any atom is 0.155 e. The first kappa shape index (κ1) is 15.0. The minimum Gasteiger partial charge on any atom is -0.355 e. The number of piperidine rings is 1. The number of hydrogen-bond donors (Lipinski definition) is 2. The lowest BCUT2D eigenvalue weighted by Crippen LogP contribution is -2.52. The van der Waals surface area contributed by atoms with Crippen LogP contribution in [0.2, 0.25) is 0 Å². The summed E-state index contributed by atoms with van der Waals surface area (Å²) in [6.45, 7) is 3.61. The van der Waals surface area contributed by atoms with Crippen molar-refractivity contribution < 1.29 is 4.39 Å². The number of anilines is 1. The van der Waals surface area contributed by atoms with Gasteiger partial charge in [0, 0.05) is 30.2 Å². The van der Waals surface area contributed by atoms with Gasteiger partial charge in [-0.3, -0.25) is 5.10 Å². The van der Waals surface area contributed by atoms with E-state index < -0.39 is 5.82 Å². The molecule has 0 saturated carbocycles. The van der Waals surface area contributed by atoms with Gasteiger partial charge < -0.3 is 10.6 Å². The first-order valence-corrected chi connectivity index (χ1v) is 8.03. The Morgan fingerprint density at radius 1 is 1.29 bits per heavy atom. The molecular weight excluding hydrogens is 307 g/mol. The largest absolute Gasteiger partial charge is 0.355 e. The SMILES string of the molecule is CC1(N)CCCN(c2ccc(F)c(-c3n[nH]c4ncccc34)n2)C1. The van der Waals surface area contributed by atoms with Crippen LogP contribution >= 0.6 is 0 Å². The van der Waals surface area contributed by atoms with Crippen LogP contribution in [0.4, 0.5) is 10.2 Å². The molecule has 6 nitrogen and oxygen atoms in total. The summed E-state index contributed by atoms with van der Waals surface area (Å²) in [4.78, 5) is 10.8. The molecule has 0 bridgehead atoms. The van der Waals surface area contributed by atoms with Crippen molar-refractivity contribution in [2.75, 3.05) is 18.0 Å². The summed E-state index contributed by atoms with van der Waals surface area (Å²) >= 11 is 0. The maximum absolute atomic E-state index is 14.4. The Labute approximate surface area is 138 Å². The summed E-state index contributed by atoms with van der Waals surface area (Å²) in [7, 11) is 0. The van der Waals surface area contributed by atoms with E-state index in [2.05, 4.69) is 25.1 Å². The topological polar surface area (TPSA) is 83.7 Å². The van der Waals surface area contributed by atoms with Gasteiger partial charge in [0.15, 0.2) is 11.5 Å². The van der Waals surface area contributed by atoms with Crippen molar-refractivity contribution in [3.8, 4) is 11.4 Å². The lowest BCUT2D eigenvalue weighted by Gasteiger charge is -2.38. The number of nitrogens with two attached hydrogens (primary N) is 1. The van der Waals surface area contributed by atoms with Crippen molar-refractivity contribution in [1.29, 1.82) is 0 Å². The van der Waals surface area contributed by atoms with Crippen LogP contribution in [0, 0.1) is 5.82 Å². The second-order valence-corrected chi connectivity index (χ2v) is 6.65. The normalized spacial score (nSPS) is 21.4. The van der Waals surface area contributed by atoms with Crippen molar-refractivity contribution in [2.24, 2.45) is 5.73 Å². The quantitative estimate of drug-likeness (QED) is 0.756. The fraction of sp³-hybridized carbons (Fsp3) is 0.353. The number of rotatable bonds is 2. The zero-order valence-corrected chi connectivity index (χ0v) is 13.5.